The van der Waals surface area contributed by atoms with Crippen molar-refractivity contribution in [1.29, 1.82) is 0 Å². The van der Waals surface area contributed by atoms with Crippen LogP contribution < -0.4 is 0 Å². The van der Waals surface area contributed by atoms with Crippen LogP contribution in [0.15, 0.2) is 24.3 Å². The van der Waals surface area contributed by atoms with Gasteiger partial charge in [0.05, 0.1) is 12.3 Å². The number of hydrogen-bond donors (Lipinski definition) is 1. The summed E-state index contributed by atoms with van der Waals surface area (Å²) in [6, 6.07) is 5.13. The fourth-order valence-corrected chi connectivity index (χ4v) is 1.52. The Morgan fingerprint density at radius 3 is 2.50 bits per heavy atom. The molecule has 0 aliphatic heterocycles. The van der Waals surface area contributed by atoms with Crippen molar-refractivity contribution < 1.29 is 23.1 Å². The van der Waals surface area contributed by atoms with Gasteiger partial charge in [-0.25, -0.2) is 0 Å². The van der Waals surface area contributed by atoms with Crippen LogP contribution >= 0.6 is 11.6 Å². The molecule has 1 N–H and O–H groups in total. The van der Waals surface area contributed by atoms with Crippen LogP contribution in [0.2, 0.25) is 5.02 Å². The fraction of sp³-hybridized carbons (Fsp3) is 0.300. The quantitative estimate of drug-likeness (QED) is 0.894. The minimum absolute atomic E-state index is 0.137. The van der Waals surface area contributed by atoms with Crippen LogP contribution in [0.4, 0.5) is 13.2 Å². The number of halogens is 4. The number of carboxylic acids is 1. The van der Waals surface area contributed by atoms with E-state index in [0.29, 0.717) is 0 Å². The summed E-state index contributed by atoms with van der Waals surface area (Å²) in [7, 11) is 0. The smallest absolute Gasteiger partial charge is 0.396 e. The van der Waals surface area contributed by atoms with E-state index in [1.807, 2.05) is 0 Å². The molecule has 0 fully saturated rings. The Morgan fingerprint density at radius 1 is 1.44 bits per heavy atom. The largest absolute Gasteiger partial charge is 0.481 e. The third kappa shape index (κ3) is 3.41. The summed E-state index contributed by atoms with van der Waals surface area (Å²) in [6.45, 7) is 0. The number of aliphatic carboxylic acids is 1. The maximum absolute atomic E-state index is 12.6. The molecule has 1 atom stereocenters. The first-order valence-electron chi connectivity index (χ1n) is 4.34. The maximum Gasteiger partial charge on any atom is 0.396 e. The Bertz CT molecular complexity index is 390. The number of carbonyl (C=O) groups is 1. The van der Waals surface area contributed by atoms with Crippen molar-refractivity contribution in [3.05, 3.63) is 34.9 Å². The molecule has 0 spiro atoms. The first-order chi connectivity index (χ1) is 7.30. The van der Waals surface area contributed by atoms with E-state index in [-0.39, 0.29) is 10.6 Å². The van der Waals surface area contributed by atoms with Crippen LogP contribution in [0.25, 0.3) is 0 Å². The van der Waals surface area contributed by atoms with Crippen molar-refractivity contribution in [2.24, 2.45) is 0 Å². The van der Waals surface area contributed by atoms with E-state index in [4.69, 9.17) is 16.7 Å². The van der Waals surface area contributed by atoms with Crippen LogP contribution in [0, 0.1) is 0 Å². The molecule has 0 saturated heterocycles. The standard InChI is InChI=1S/C10H8ClF3O2/c11-7-3-1-2-6(4-7)8(5-9(15)16)10(12,13)14/h1-4,8H,5H2,(H,15,16). The third-order valence-corrected chi connectivity index (χ3v) is 2.26. The summed E-state index contributed by atoms with van der Waals surface area (Å²) in [4.78, 5) is 10.4. The summed E-state index contributed by atoms with van der Waals surface area (Å²) in [5, 5.41) is 8.59. The molecule has 1 aromatic carbocycles. The van der Waals surface area contributed by atoms with Gasteiger partial charge in [0.15, 0.2) is 0 Å². The normalized spacial score (nSPS) is 13.5. The van der Waals surface area contributed by atoms with E-state index in [2.05, 4.69) is 0 Å². The van der Waals surface area contributed by atoms with Gasteiger partial charge in [-0.05, 0) is 17.7 Å². The molecule has 6 heteroatoms. The predicted molar refractivity (Wildman–Crippen MR) is 52.5 cm³/mol. The Balaban J connectivity index is 3.06. The number of rotatable bonds is 3. The molecular formula is C10H8ClF3O2. The van der Waals surface area contributed by atoms with E-state index in [1.165, 1.54) is 18.2 Å². The third-order valence-electron chi connectivity index (χ3n) is 2.02. The molecule has 0 bridgehead atoms. The molecule has 0 saturated carbocycles. The van der Waals surface area contributed by atoms with Crippen LogP contribution in [-0.4, -0.2) is 17.3 Å². The Morgan fingerprint density at radius 2 is 2.06 bits per heavy atom. The van der Waals surface area contributed by atoms with Crippen molar-refractivity contribution in [3.63, 3.8) is 0 Å². The average molecular weight is 253 g/mol. The maximum atomic E-state index is 12.6. The Hall–Kier alpha value is -1.23. The van der Waals surface area contributed by atoms with Crippen molar-refractivity contribution >= 4 is 17.6 Å². The lowest BCUT2D eigenvalue weighted by Crippen LogP contribution is -2.23. The molecule has 0 aliphatic rings. The molecule has 88 valence electrons. The topological polar surface area (TPSA) is 37.3 Å². The lowest BCUT2D eigenvalue weighted by atomic mass is 9.95. The van der Waals surface area contributed by atoms with Crippen LogP contribution in [0.3, 0.4) is 0 Å². The van der Waals surface area contributed by atoms with Gasteiger partial charge in [-0.1, -0.05) is 23.7 Å². The number of hydrogen-bond acceptors (Lipinski definition) is 1. The number of alkyl halides is 3. The zero-order valence-electron chi connectivity index (χ0n) is 7.96. The lowest BCUT2D eigenvalue weighted by molar-refractivity contribution is -0.163. The van der Waals surface area contributed by atoms with Gasteiger partial charge in [0.25, 0.3) is 0 Å². The highest BCUT2D eigenvalue weighted by atomic mass is 35.5. The summed E-state index contributed by atoms with van der Waals surface area (Å²) in [5.74, 6) is -3.52. The Kier molecular flexibility index (Phi) is 3.80. The van der Waals surface area contributed by atoms with E-state index in [1.54, 1.807) is 0 Å². The van der Waals surface area contributed by atoms with Gasteiger partial charge in [-0.2, -0.15) is 13.2 Å². The SMILES string of the molecule is O=C(O)CC(c1cccc(Cl)c1)C(F)(F)F. The number of benzene rings is 1. The molecule has 16 heavy (non-hydrogen) atoms. The van der Waals surface area contributed by atoms with E-state index >= 15 is 0 Å². The summed E-state index contributed by atoms with van der Waals surface area (Å²) < 4.78 is 37.8. The molecular weight excluding hydrogens is 245 g/mol. The van der Waals surface area contributed by atoms with Crippen LogP contribution in [-0.2, 0) is 4.79 Å². The average Bonchev–Trinajstić information content (AvgIpc) is 2.12. The highest BCUT2D eigenvalue weighted by Crippen LogP contribution is 2.37. The molecule has 0 heterocycles. The summed E-state index contributed by atoms with van der Waals surface area (Å²) in [6.07, 6.45) is -5.59. The molecule has 1 rings (SSSR count). The van der Waals surface area contributed by atoms with Crippen LogP contribution in [0.5, 0.6) is 0 Å². The minimum Gasteiger partial charge on any atom is -0.481 e. The molecule has 0 radical (unpaired) electrons. The zero-order chi connectivity index (χ0) is 12.3. The van der Waals surface area contributed by atoms with E-state index in [0.717, 1.165) is 6.07 Å². The molecule has 1 aromatic rings. The second kappa shape index (κ2) is 4.74. The van der Waals surface area contributed by atoms with Gasteiger partial charge in [0.2, 0.25) is 0 Å². The van der Waals surface area contributed by atoms with Crippen LogP contribution in [0.1, 0.15) is 17.9 Å². The Labute approximate surface area is 94.6 Å². The highest BCUT2D eigenvalue weighted by Gasteiger charge is 2.41. The van der Waals surface area contributed by atoms with Gasteiger partial charge in [-0.15, -0.1) is 0 Å². The summed E-state index contributed by atoms with van der Waals surface area (Å²) in [5.41, 5.74) is -0.137. The highest BCUT2D eigenvalue weighted by molar-refractivity contribution is 6.30. The molecule has 0 aliphatic carbocycles. The van der Waals surface area contributed by atoms with Crippen molar-refractivity contribution in [1.82, 2.24) is 0 Å². The molecule has 1 unspecified atom stereocenters. The predicted octanol–water partition coefficient (Wildman–Crippen LogP) is 3.46. The van der Waals surface area contributed by atoms with Gasteiger partial charge < -0.3 is 5.11 Å². The zero-order valence-corrected chi connectivity index (χ0v) is 8.72. The lowest BCUT2D eigenvalue weighted by Gasteiger charge is -2.18. The monoisotopic (exact) mass is 252 g/mol. The second-order valence-electron chi connectivity index (χ2n) is 3.25. The van der Waals surface area contributed by atoms with Crippen molar-refractivity contribution in [2.45, 2.75) is 18.5 Å². The first-order valence-corrected chi connectivity index (χ1v) is 4.72. The molecule has 2 nitrogen and oxygen atoms in total. The van der Waals surface area contributed by atoms with Gasteiger partial charge >= 0.3 is 12.1 Å². The number of carboxylic acid groups (broad SMARTS) is 1. The van der Waals surface area contributed by atoms with Gasteiger partial charge in [0.1, 0.15) is 0 Å². The van der Waals surface area contributed by atoms with E-state index in [9.17, 15) is 18.0 Å². The second-order valence-corrected chi connectivity index (χ2v) is 3.68. The van der Waals surface area contributed by atoms with Gasteiger partial charge in [0, 0.05) is 5.02 Å². The molecule has 0 amide bonds. The fourth-order valence-electron chi connectivity index (χ4n) is 1.32. The van der Waals surface area contributed by atoms with Crippen molar-refractivity contribution in [3.8, 4) is 0 Å². The van der Waals surface area contributed by atoms with Crippen molar-refractivity contribution in [2.75, 3.05) is 0 Å². The first kappa shape index (κ1) is 12.8. The van der Waals surface area contributed by atoms with E-state index < -0.39 is 24.5 Å². The van der Waals surface area contributed by atoms with Gasteiger partial charge in [-0.3, -0.25) is 4.79 Å². The summed E-state index contributed by atoms with van der Waals surface area (Å²) >= 11 is 5.56. The molecule has 0 aromatic heterocycles. The minimum atomic E-state index is -4.59.